The summed E-state index contributed by atoms with van der Waals surface area (Å²) in [6.07, 6.45) is 1.15. The van der Waals surface area contributed by atoms with Gasteiger partial charge < -0.3 is 20.1 Å². The number of amides is 2. The number of carbonyl (C=O) groups is 2. The van der Waals surface area contributed by atoms with Gasteiger partial charge in [0.1, 0.15) is 18.6 Å². The average Bonchev–Trinajstić information content (AvgIpc) is 3.27. The van der Waals surface area contributed by atoms with Crippen LogP contribution in [0.1, 0.15) is 33.6 Å². The number of hydrogen-bond acceptors (Lipinski definition) is 4. The second kappa shape index (κ2) is 5.44. The molecule has 1 aromatic rings. The zero-order chi connectivity index (χ0) is 16.7. The molecule has 6 nitrogen and oxygen atoms in total. The van der Waals surface area contributed by atoms with E-state index in [4.69, 9.17) is 9.47 Å². The SMILES string of the molecule is CC(C)(C)NC(=O)C1(C(=O)Nc2ccc3c(c2)OCCO3)CC1. The lowest BCUT2D eigenvalue weighted by Crippen LogP contribution is -2.48. The summed E-state index contributed by atoms with van der Waals surface area (Å²) in [7, 11) is 0. The summed E-state index contributed by atoms with van der Waals surface area (Å²) in [5, 5.41) is 5.72. The fourth-order valence-corrected chi connectivity index (χ4v) is 2.51. The predicted molar refractivity (Wildman–Crippen MR) is 85.6 cm³/mol. The summed E-state index contributed by atoms with van der Waals surface area (Å²) < 4.78 is 11.0. The minimum atomic E-state index is -0.944. The maximum absolute atomic E-state index is 12.5. The molecule has 3 rings (SSSR count). The van der Waals surface area contributed by atoms with E-state index in [1.807, 2.05) is 20.8 Å². The van der Waals surface area contributed by atoms with Crippen LogP contribution in [0, 0.1) is 5.41 Å². The number of carbonyl (C=O) groups excluding carboxylic acids is 2. The molecule has 124 valence electrons. The summed E-state index contributed by atoms with van der Waals surface area (Å²) in [6.45, 7) is 6.72. The summed E-state index contributed by atoms with van der Waals surface area (Å²) in [6, 6.07) is 5.24. The first kappa shape index (κ1) is 15.6. The molecule has 0 unspecified atom stereocenters. The molecule has 0 radical (unpaired) electrons. The van der Waals surface area contributed by atoms with Gasteiger partial charge in [-0.2, -0.15) is 0 Å². The molecule has 1 heterocycles. The molecular weight excluding hydrogens is 296 g/mol. The molecule has 0 aromatic heterocycles. The van der Waals surface area contributed by atoms with Gasteiger partial charge in [0.05, 0.1) is 0 Å². The molecule has 0 spiro atoms. The van der Waals surface area contributed by atoms with E-state index >= 15 is 0 Å². The number of nitrogens with one attached hydrogen (secondary N) is 2. The third-order valence-electron chi connectivity index (χ3n) is 3.91. The van der Waals surface area contributed by atoms with Crippen molar-refractivity contribution in [3.05, 3.63) is 18.2 Å². The number of hydrogen-bond donors (Lipinski definition) is 2. The van der Waals surface area contributed by atoms with Gasteiger partial charge in [-0.3, -0.25) is 9.59 Å². The van der Waals surface area contributed by atoms with Crippen molar-refractivity contribution in [1.29, 1.82) is 0 Å². The van der Waals surface area contributed by atoms with E-state index in [0.717, 1.165) is 0 Å². The van der Waals surface area contributed by atoms with E-state index in [0.29, 0.717) is 43.2 Å². The van der Waals surface area contributed by atoms with Crippen LogP contribution in [-0.2, 0) is 9.59 Å². The van der Waals surface area contributed by atoms with Crippen LogP contribution in [0.3, 0.4) is 0 Å². The Labute approximate surface area is 135 Å². The monoisotopic (exact) mass is 318 g/mol. The van der Waals surface area contributed by atoms with Gasteiger partial charge in [0.15, 0.2) is 11.5 Å². The van der Waals surface area contributed by atoms with Crippen molar-refractivity contribution in [3.63, 3.8) is 0 Å². The van der Waals surface area contributed by atoms with Gasteiger partial charge >= 0.3 is 0 Å². The van der Waals surface area contributed by atoms with E-state index in [2.05, 4.69) is 10.6 Å². The highest BCUT2D eigenvalue weighted by Crippen LogP contribution is 2.47. The first-order valence-electron chi connectivity index (χ1n) is 7.84. The van der Waals surface area contributed by atoms with Gasteiger partial charge in [-0.05, 0) is 45.7 Å². The molecule has 1 aromatic carbocycles. The summed E-state index contributed by atoms with van der Waals surface area (Å²) in [5.41, 5.74) is -0.695. The maximum atomic E-state index is 12.5. The molecular formula is C17H22N2O4. The number of benzene rings is 1. The van der Waals surface area contributed by atoms with Crippen molar-refractivity contribution in [2.75, 3.05) is 18.5 Å². The standard InChI is InChI=1S/C17H22N2O4/c1-16(2,3)19-15(21)17(6-7-17)14(20)18-11-4-5-12-13(10-11)23-9-8-22-12/h4-5,10H,6-9H2,1-3H3,(H,18,20)(H,19,21). The predicted octanol–water partition coefficient (Wildman–Crippen LogP) is 2.09. The molecule has 2 amide bonds. The molecule has 1 saturated carbocycles. The van der Waals surface area contributed by atoms with Gasteiger partial charge in [-0.1, -0.05) is 0 Å². The highest BCUT2D eigenvalue weighted by Gasteiger charge is 2.57. The topological polar surface area (TPSA) is 76.7 Å². The molecule has 2 aliphatic rings. The number of anilines is 1. The second-order valence-electron chi connectivity index (χ2n) is 7.10. The Balaban J connectivity index is 1.70. The Bertz CT molecular complexity index is 644. The molecule has 1 aliphatic carbocycles. The lowest BCUT2D eigenvalue weighted by atomic mass is 10.0. The van der Waals surface area contributed by atoms with Crippen LogP contribution in [-0.4, -0.2) is 30.6 Å². The van der Waals surface area contributed by atoms with E-state index in [9.17, 15) is 9.59 Å². The van der Waals surface area contributed by atoms with Crippen molar-refractivity contribution < 1.29 is 19.1 Å². The van der Waals surface area contributed by atoms with Gasteiger partial charge in [0.2, 0.25) is 11.8 Å². The summed E-state index contributed by atoms with van der Waals surface area (Å²) >= 11 is 0. The minimum Gasteiger partial charge on any atom is -0.486 e. The zero-order valence-corrected chi connectivity index (χ0v) is 13.7. The van der Waals surface area contributed by atoms with Crippen LogP contribution in [0.25, 0.3) is 0 Å². The summed E-state index contributed by atoms with van der Waals surface area (Å²) in [5.74, 6) is 0.801. The Hall–Kier alpha value is -2.24. The van der Waals surface area contributed by atoms with Crippen LogP contribution in [0.15, 0.2) is 18.2 Å². The van der Waals surface area contributed by atoms with Crippen molar-refractivity contribution >= 4 is 17.5 Å². The highest BCUT2D eigenvalue weighted by atomic mass is 16.6. The molecule has 1 fully saturated rings. The minimum absolute atomic E-state index is 0.208. The highest BCUT2D eigenvalue weighted by molar-refractivity contribution is 6.13. The first-order valence-corrected chi connectivity index (χ1v) is 7.84. The lowest BCUT2D eigenvalue weighted by Gasteiger charge is -2.24. The van der Waals surface area contributed by atoms with E-state index < -0.39 is 5.41 Å². The Morgan fingerprint density at radius 2 is 1.70 bits per heavy atom. The lowest BCUT2D eigenvalue weighted by molar-refractivity contribution is -0.135. The third kappa shape index (κ3) is 3.25. The van der Waals surface area contributed by atoms with Crippen molar-refractivity contribution in [2.45, 2.75) is 39.2 Å². The Kier molecular flexibility index (Phi) is 3.70. The average molecular weight is 318 g/mol. The molecule has 0 bridgehead atoms. The Morgan fingerprint density at radius 3 is 2.30 bits per heavy atom. The first-order chi connectivity index (χ1) is 10.8. The quantitative estimate of drug-likeness (QED) is 0.837. The van der Waals surface area contributed by atoms with Gasteiger partial charge in [0.25, 0.3) is 0 Å². The van der Waals surface area contributed by atoms with Crippen molar-refractivity contribution in [3.8, 4) is 11.5 Å². The number of rotatable bonds is 3. The Morgan fingerprint density at radius 1 is 1.04 bits per heavy atom. The molecule has 0 saturated heterocycles. The van der Waals surface area contributed by atoms with Gasteiger partial charge in [-0.15, -0.1) is 0 Å². The largest absolute Gasteiger partial charge is 0.486 e. The second-order valence-corrected chi connectivity index (χ2v) is 7.10. The molecule has 6 heteroatoms. The van der Waals surface area contributed by atoms with Crippen molar-refractivity contribution in [2.24, 2.45) is 5.41 Å². The molecule has 0 atom stereocenters. The van der Waals surface area contributed by atoms with Gasteiger partial charge in [-0.25, -0.2) is 0 Å². The normalized spacial score (nSPS) is 18.0. The van der Waals surface area contributed by atoms with Crippen molar-refractivity contribution in [1.82, 2.24) is 5.32 Å². The zero-order valence-electron chi connectivity index (χ0n) is 13.7. The fourth-order valence-electron chi connectivity index (χ4n) is 2.51. The number of fused-ring (bicyclic) bond motifs is 1. The smallest absolute Gasteiger partial charge is 0.240 e. The van der Waals surface area contributed by atoms with E-state index in [1.54, 1.807) is 18.2 Å². The fraction of sp³-hybridized carbons (Fsp3) is 0.529. The van der Waals surface area contributed by atoms with Crippen LogP contribution in [0.5, 0.6) is 11.5 Å². The maximum Gasteiger partial charge on any atom is 0.240 e. The molecule has 1 aliphatic heterocycles. The van der Waals surface area contributed by atoms with E-state index in [-0.39, 0.29) is 17.4 Å². The third-order valence-corrected chi connectivity index (χ3v) is 3.91. The molecule has 23 heavy (non-hydrogen) atoms. The van der Waals surface area contributed by atoms with Gasteiger partial charge in [0, 0.05) is 17.3 Å². The van der Waals surface area contributed by atoms with E-state index in [1.165, 1.54) is 0 Å². The van der Waals surface area contributed by atoms with Crippen LogP contribution >= 0.6 is 0 Å². The number of ether oxygens (including phenoxy) is 2. The molecule has 2 N–H and O–H groups in total. The summed E-state index contributed by atoms with van der Waals surface area (Å²) in [4.78, 5) is 24.9. The van der Waals surface area contributed by atoms with Crippen LogP contribution in [0.4, 0.5) is 5.69 Å². The van der Waals surface area contributed by atoms with Crippen LogP contribution < -0.4 is 20.1 Å². The van der Waals surface area contributed by atoms with Crippen LogP contribution in [0.2, 0.25) is 0 Å².